The zero-order chi connectivity index (χ0) is 14.6. The van der Waals surface area contributed by atoms with Gasteiger partial charge in [0, 0.05) is 37.7 Å². The SMILES string of the molecule is FC(F)(F)c1ccc(N2CCCN(CCCl)CC2)cc1. The molecule has 112 valence electrons. The number of anilines is 1. The first-order valence-electron chi connectivity index (χ1n) is 6.71. The molecule has 1 fully saturated rings. The first kappa shape index (κ1) is 15.4. The molecule has 6 heteroatoms. The number of rotatable bonds is 3. The van der Waals surface area contributed by atoms with Crippen LogP contribution in [0, 0.1) is 0 Å². The number of nitrogens with zero attached hydrogens (tertiary/aromatic N) is 2. The van der Waals surface area contributed by atoms with Crippen molar-refractivity contribution in [1.29, 1.82) is 0 Å². The molecule has 0 atom stereocenters. The van der Waals surface area contributed by atoms with Crippen molar-refractivity contribution in [2.45, 2.75) is 12.6 Å². The van der Waals surface area contributed by atoms with Crippen LogP contribution in [0.5, 0.6) is 0 Å². The van der Waals surface area contributed by atoms with Crippen molar-refractivity contribution in [2.24, 2.45) is 0 Å². The molecule has 1 aromatic carbocycles. The van der Waals surface area contributed by atoms with Gasteiger partial charge in [-0.25, -0.2) is 0 Å². The van der Waals surface area contributed by atoms with E-state index in [9.17, 15) is 13.2 Å². The van der Waals surface area contributed by atoms with Gasteiger partial charge in [-0.15, -0.1) is 11.6 Å². The minimum atomic E-state index is -4.27. The molecule has 20 heavy (non-hydrogen) atoms. The lowest BCUT2D eigenvalue weighted by atomic mass is 10.2. The van der Waals surface area contributed by atoms with Crippen molar-refractivity contribution in [2.75, 3.05) is 43.5 Å². The lowest BCUT2D eigenvalue weighted by molar-refractivity contribution is -0.137. The molecule has 2 nitrogen and oxygen atoms in total. The monoisotopic (exact) mass is 306 g/mol. The highest BCUT2D eigenvalue weighted by atomic mass is 35.5. The van der Waals surface area contributed by atoms with E-state index in [0.717, 1.165) is 57.0 Å². The number of hydrogen-bond donors (Lipinski definition) is 0. The summed E-state index contributed by atoms with van der Waals surface area (Å²) in [6, 6.07) is 5.41. The van der Waals surface area contributed by atoms with Crippen LogP contribution in [0.2, 0.25) is 0 Å². The average molecular weight is 307 g/mol. The molecule has 0 radical (unpaired) electrons. The summed E-state index contributed by atoms with van der Waals surface area (Å²) in [6.07, 6.45) is -3.27. The Morgan fingerprint density at radius 3 is 2.30 bits per heavy atom. The maximum atomic E-state index is 12.5. The number of alkyl halides is 4. The Balaban J connectivity index is 2.01. The third-order valence-corrected chi connectivity index (χ3v) is 3.72. The fourth-order valence-corrected chi connectivity index (χ4v) is 2.67. The second-order valence-corrected chi connectivity index (χ2v) is 5.29. The van der Waals surface area contributed by atoms with Crippen molar-refractivity contribution >= 4 is 17.3 Å². The summed E-state index contributed by atoms with van der Waals surface area (Å²) in [4.78, 5) is 4.42. The van der Waals surface area contributed by atoms with E-state index in [1.54, 1.807) is 12.1 Å². The van der Waals surface area contributed by atoms with E-state index in [1.165, 1.54) is 0 Å². The van der Waals surface area contributed by atoms with E-state index in [2.05, 4.69) is 9.80 Å². The van der Waals surface area contributed by atoms with Crippen molar-refractivity contribution in [3.8, 4) is 0 Å². The van der Waals surface area contributed by atoms with E-state index in [1.807, 2.05) is 0 Å². The first-order valence-corrected chi connectivity index (χ1v) is 7.24. The molecule has 1 saturated heterocycles. The second kappa shape index (κ2) is 6.68. The summed E-state index contributed by atoms with van der Waals surface area (Å²) < 4.78 is 37.6. The summed E-state index contributed by atoms with van der Waals surface area (Å²) >= 11 is 5.74. The van der Waals surface area contributed by atoms with Gasteiger partial charge in [-0.2, -0.15) is 13.2 Å². The van der Waals surface area contributed by atoms with Crippen molar-refractivity contribution in [1.82, 2.24) is 4.90 Å². The Morgan fingerprint density at radius 2 is 1.70 bits per heavy atom. The summed E-state index contributed by atoms with van der Waals surface area (Å²) in [5, 5.41) is 0. The van der Waals surface area contributed by atoms with Crippen LogP contribution >= 0.6 is 11.6 Å². The minimum absolute atomic E-state index is 0.597. The van der Waals surface area contributed by atoms with Gasteiger partial charge in [0.05, 0.1) is 5.56 Å². The van der Waals surface area contributed by atoms with E-state index in [4.69, 9.17) is 11.6 Å². The third-order valence-electron chi connectivity index (χ3n) is 3.55. The Kier molecular flexibility index (Phi) is 5.16. The van der Waals surface area contributed by atoms with Crippen molar-refractivity contribution < 1.29 is 13.2 Å². The summed E-state index contributed by atoms with van der Waals surface area (Å²) in [7, 11) is 0. The summed E-state index contributed by atoms with van der Waals surface area (Å²) in [5.74, 6) is 0.611. The highest BCUT2D eigenvalue weighted by Gasteiger charge is 2.30. The number of benzene rings is 1. The van der Waals surface area contributed by atoms with Crippen LogP contribution in [0.3, 0.4) is 0 Å². The molecule has 0 aromatic heterocycles. The van der Waals surface area contributed by atoms with Crippen LogP contribution < -0.4 is 4.90 Å². The van der Waals surface area contributed by atoms with E-state index in [-0.39, 0.29) is 0 Å². The molecule has 0 unspecified atom stereocenters. The van der Waals surface area contributed by atoms with Gasteiger partial charge in [0.25, 0.3) is 0 Å². The molecular weight excluding hydrogens is 289 g/mol. The molecule has 0 aliphatic carbocycles. The van der Waals surface area contributed by atoms with Gasteiger partial charge in [-0.1, -0.05) is 0 Å². The van der Waals surface area contributed by atoms with Crippen LogP contribution in [0.1, 0.15) is 12.0 Å². The standard InChI is InChI=1S/C14H18ClF3N2/c15-6-9-19-7-1-8-20(11-10-19)13-4-2-12(3-5-13)14(16,17)18/h2-5H,1,6-11H2. The maximum absolute atomic E-state index is 12.5. The molecule has 0 bridgehead atoms. The lowest BCUT2D eigenvalue weighted by Crippen LogP contribution is -2.31. The van der Waals surface area contributed by atoms with Crippen molar-refractivity contribution in [3.05, 3.63) is 29.8 Å². The summed E-state index contributed by atoms with van der Waals surface area (Å²) in [6.45, 7) is 4.44. The van der Waals surface area contributed by atoms with Crippen LogP contribution in [-0.4, -0.2) is 43.5 Å². The molecule has 0 N–H and O–H groups in total. The fraction of sp³-hybridized carbons (Fsp3) is 0.571. The molecule has 0 amide bonds. The van der Waals surface area contributed by atoms with Crippen LogP contribution in [0.4, 0.5) is 18.9 Å². The average Bonchev–Trinajstić information content (AvgIpc) is 2.64. The Bertz CT molecular complexity index is 419. The topological polar surface area (TPSA) is 6.48 Å². The zero-order valence-corrected chi connectivity index (χ0v) is 11.9. The predicted octanol–water partition coefficient (Wildman–Crippen LogP) is 3.46. The minimum Gasteiger partial charge on any atom is -0.370 e. The van der Waals surface area contributed by atoms with Gasteiger partial charge in [-0.3, -0.25) is 0 Å². The Hall–Kier alpha value is -0.940. The quantitative estimate of drug-likeness (QED) is 0.789. The van der Waals surface area contributed by atoms with Gasteiger partial charge >= 0.3 is 6.18 Å². The smallest absolute Gasteiger partial charge is 0.370 e. The zero-order valence-electron chi connectivity index (χ0n) is 11.2. The van der Waals surface area contributed by atoms with Crippen LogP contribution in [-0.2, 0) is 6.18 Å². The van der Waals surface area contributed by atoms with Gasteiger partial charge in [0.15, 0.2) is 0 Å². The fourth-order valence-electron chi connectivity index (χ4n) is 2.43. The van der Waals surface area contributed by atoms with Gasteiger partial charge in [-0.05, 0) is 37.2 Å². The van der Waals surface area contributed by atoms with E-state index < -0.39 is 11.7 Å². The number of halogens is 4. The normalized spacial score (nSPS) is 18.1. The van der Waals surface area contributed by atoms with Gasteiger partial charge in [0.2, 0.25) is 0 Å². The first-order chi connectivity index (χ1) is 9.50. The number of hydrogen-bond acceptors (Lipinski definition) is 2. The lowest BCUT2D eigenvalue weighted by Gasteiger charge is -2.23. The molecule has 0 spiro atoms. The maximum Gasteiger partial charge on any atom is 0.416 e. The van der Waals surface area contributed by atoms with Gasteiger partial charge in [0.1, 0.15) is 0 Å². The second-order valence-electron chi connectivity index (χ2n) is 4.92. The highest BCUT2D eigenvalue weighted by Crippen LogP contribution is 2.30. The molecular formula is C14H18ClF3N2. The molecule has 2 rings (SSSR count). The Morgan fingerprint density at radius 1 is 1.00 bits per heavy atom. The third kappa shape index (κ3) is 4.03. The molecule has 1 heterocycles. The van der Waals surface area contributed by atoms with Gasteiger partial charge < -0.3 is 9.80 Å². The molecule has 1 aliphatic heterocycles. The van der Waals surface area contributed by atoms with E-state index >= 15 is 0 Å². The molecule has 0 saturated carbocycles. The van der Waals surface area contributed by atoms with E-state index in [0.29, 0.717) is 5.88 Å². The van der Waals surface area contributed by atoms with Crippen molar-refractivity contribution in [3.63, 3.8) is 0 Å². The largest absolute Gasteiger partial charge is 0.416 e. The van der Waals surface area contributed by atoms with Crippen LogP contribution in [0.15, 0.2) is 24.3 Å². The Labute approximate surface area is 122 Å². The highest BCUT2D eigenvalue weighted by molar-refractivity contribution is 6.18. The molecule has 1 aromatic rings. The predicted molar refractivity (Wildman–Crippen MR) is 75.4 cm³/mol. The van der Waals surface area contributed by atoms with Crippen LogP contribution in [0.25, 0.3) is 0 Å². The molecule has 1 aliphatic rings. The summed E-state index contributed by atoms with van der Waals surface area (Å²) in [5.41, 5.74) is 0.255.